The van der Waals surface area contributed by atoms with Crippen molar-refractivity contribution in [2.45, 2.75) is 27.2 Å². The van der Waals surface area contributed by atoms with Gasteiger partial charge in [-0.25, -0.2) is 4.98 Å². The summed E-state index contributed by atoms with van der Waals surface area (Å²) in [6.45, 7) is 6.58. The number of aromatic nitrogens is 1. The summed E-state index contributed by atoms with van der Waals surface area (Å²) in [5.74, 6) is 0.882. The molecular formula is C15H17NO2S. The van der Waals surface area contributed by atoms with E-state index in [1.165, 1.54) is 4.88 Å². The van der Waals surface area contributed by atoms with Crippen molar-refractivity contribution < 1.29 is 9.53 Å². The van der Waals surface area contributed by atoms with Gasteiger partial charge in [0, 0.05) is 16.9 Å². The third-order valence-corrected chi connectivity index (χ3v) is 4.03. The van der Waals surface area contributed by atoms with E-state index in [-0.39, 0.29) is 0 Å². The number of carbonyl (C=O) groups is 1. The first-order valence-corrected chi connectivity index (χ1v) is 7.08. The van der Waals surface area contributed by atoms with Crippen LogP contribution in [0.1, 0.15) is 32.1 Å². The molecular weight excluding hydrogens is 258 g/mol. The number of benzene rings is 1. The first kappa shape index (κ1) is 13.7. The number of carbonyl (C=O) groups excluding carboxylic acids is 1. The Bertz CT molecular complexity index is 567. The molecule has 0 spiro atoms. The molecule has 1 aromatic heterocycles. The zero-order chi connectivity index (χ0) is 13.8. The van der Waals surface area contributed by atoms with E-state index < -0.39 is 0 Å². The summed E-state index contributed by atoms with van der Waals surface area (Å²) in [6.07, 6.45) is 1.73. The van der Waals surface area contributed by atoms with Crippen molar-refractivity contribution in [1.82, 2.24) is 4.98 Å². The third kappa shape index (κ3) is 3.20. The molecule has 100 valence electrons. The molecule has 0 N–H and O–H groups in total. The maximum atomic E-state index is 10.8. The van der Waals surface area contributed by atoms with Crippen LogP contribution in [0.2, 0.25) is 0 Å². The molecule has 1 aromatic carbocycles. The van der Waals surface area contributed by atoms with E-state index in [1.54, 1.807) is 11.3 Å². The van der Waals surface area contributed by atoms with Crippen LogP contribution in [0.5, 0.6) is 5.75 Å². The van der Waals surface area contributed by atoms with Crippen LogP contribution in [0, 0.1) is 20.8 Å². The largest absolute Gasteiger partial charge is 0.493 e. The first-order valence-electron chi connectivity index (χ1n) is 6.20. The van der Waals surface area contributed by atoms with E-state index in [0.717, 1.165) is 35.3 Å². The minimum absolute atomic E-state index is 0.630. The molecule has 0 amide bonds. The molecule has 2 rings (SSSR count). The van der Waals surface area contributed by atoms with E-state index in [9.17, 15) is 4.79 Å². The predicted molar refractivity (Wildman–Crippen MR) is 77.4 cm³/mol. The molecule has 19 heavy (non-hydrogen) atoms. The van der Waals surface area contributed by atoms with Gasteiger partial charge in [0.05, 0.1) is 17.8 Å². The second-order valence-electron chi connectivity index (χ2n) is 4.56. The number of hydrogen-bond acceptors (Lipinski definition) is 4. The first-order chi connectivity index (χ1) is 9.11. The smallest absolute Gasteiger partial charge is 0.150 e. The van der Waals surface area contributed by atoms with Crippen LogP contribution in [-0.2, 0) is 6.42 Å². The number of aryl methyl sites for hydroxylation is 3. The van der Waals surface area contributed by atoms with Crippen LogP contribution in [0.15, 0.2) is 17.6 Å². The average molecular weight is 275 g/mol. The maximum absolute atomic E-state index is 10.8. The van der Waals surface area contributed by atoms with Gasteiger partial charge in [0.1, 0.15) is 12.0 Å². The van der Waals surface area contributed by atoms with E-state index in [2.05, 4.69) is 4.98 Å². The molecule has 0 aliphatic rings. The van der Waals surface area contributed by atoms with Crippen molar-refractivity contribution in [2.75, 3.05) is 6.61 Å². The molecule has 0 aliphatic carbocycles. The normalized spacial score (nSPS) is 10.5. The second kappa shape index (κ2) is 5.97. The van der Waals surface area contributed by atoms with Gasteiger partial charge in [-0.05, 0) is 44.0 Å². The topological polar surface area (TPSA) is 39.2 Å². The van der Waals surface area contributed by atoms with E-state index in [0.29, 0.717) is 12.2 Å². The second-order valence-corrected chi connectivity index (χ2v) is 5.50. The van der Waals surface area contributed by atoms with Gasteiger partial charge >= 0.3 is 0 Å². The van der Waals surface area contributed by atoms with Crippen LogP contribution in [-0.4, -0.2) is 17.9 Å². The highest BCUT2D eigenvalue weighted by atomic mass is 32.1. The fourth-order valence-electron chi connectivity index (χ4n) is 2.09. The third-order valence-electron chi connectivity index (χ3n) is 3.04. The zero-order valence-electron chi connectivity index (χ0n) is 11.4. The lowest BCUT2D eigenvalue weighted by atomic mass is 10.1. The Kier molecular flexibility index (Phi) is 4.32. The Labute approximate surface area is 117 Å². The molecule has 1 heterocycles. The summed E-state index contributed by atoms with van der Waals surface area (Å²) in [5.41, 5.74) is 5.64. The molecule has 0 atom stereocenters. The Morgan fingerprint density at radius 3 is 2.47 bits per heavy atom. The van der Waals surface area contributed by atoms with Crippen LogP contribution in [0.25, 0.3) is 0 Å². The summed E-state index contributed by atoms with van der Waals surface area (Å²) >= 11 is 1.66. The number of hydrogen-bond donors (Lipinski definition) is 0. The van der Waals surface area contributed by atoms with Gasteiger partial charge in [-0.1, -0.05) is 0 Å². The number of nitrogens with zero attached hydrogens (tertiary/aromatic N) is 1. The van der Waals surface area contributed by atoms with Crippen LogP contribution in [0.3, 0.4) is 0 Å². The highest BCUT2D eigenvalue weighted by Crippen LogP contribution is 2.24. The zero-order valence-corrected chi connectivity index (χ0v) is 12.2. The summed E-state index contributed by atoms with van der Waals surface area (Å²) in [7, 11) is 0. The fourth-order valence-corrected chi connectivity index (χ4v) is 2.85. The number of aldehydes is 1. The fraction of sp³-hybridized carbons (Fsp3) is 0.333. The highest BCUT2D eigenvalue weighted by Gasteiger charge is 2.07. The van der Waals surface area contributed by atoms with Gasteiger partial charge in [-0.15, -0.1) is 11.3 Å². The Morgan fingerprint density at radius 1 is 1.26 bits per heavy atom. The quantitative estimate of drug-likeness (QED) is 0.784. The Morgan fingerprint density at radius 2 is 1.95 bits per heavy atom. The highest BCUT2D eigenvalue weighted by molar-refractivity contribution is 7.09. The molecule has 4 heteroatoms. The number of thiazole rings is 1. The van der Waals surface area contributed by atoms with E-state index in [1.807, 2.05) is 38.4 Å². The molecule has 2 aromatic rings. The summed E-state index contributed by atoms with van der Waals surface area (Å²) < 4.78 is 5.86. The van der Waals surface area contributed by atoms with Gasteiger partial charge < -0.3 is 4.74 Å². The molecule has 0 saturated carbocycles. The summed E-state index contributed by atoms with van der Waals surface area (Å²) in [4.78, 5) is 16.3. The van der Waals surface area contributed by atoms with E-state index >= 15 is 0 Å². The summed E-state index contributed by atoms with van der Waals surface area (Å²) in [6, 6.07) is 3.71. The molecule has 3 nitrogen and oxygen atoms in total. The van der Waals surface area contributed by atoms with Gasteiger partial charge in [0.25, 0.3) is 0 Å². The Balaban J connectivity index is 2.04. The maximum Gasteiger partial charge on any atom is 0.150 e. The molecule has 0 aliphatic heterocycles. The van der Waals surface area contributed by atoms with Gasteiger partial charge in [0.15, 0.2) is 0 Å². The van der Waals surface area contributed by atoms with Crippen molar-refractivity contribution in [3.8, 4) is 5.75 Å². The van der Waals surface area contributed by atoms with Crippen molar-refractivity contribution in [3.05, 3.63) is 44.9 Å². The van der Waals surface area contributed by atoms with Crippen molar-refractivity contribution in [2.24, 2.45) is 0 Å². The van der Waals surface area contributed by atoms with Crippen molar-refractivity contribution in [3.63, 3.8) is 0 Å². The van der Waals surface area contributed by atoms with Crippen LogP contribution < -0.4 is 4.74 Å². The minimum atomic E-state index is 0.630. The molecule has 0 fully saturated rings. The SMILES string of the molecule is Cc1cc(C=O)cc(C)c1OCCc1scnc1C. The van der Waals surface area contributed by atoms with Crippen LogP contribution in [0.4, 0.5) is 0 Å². The van der Waals surface area contributed by atoms with Gasteiger partial charge in [-0.3, -0.25) is 4.79 Å². The molecule has 0 radical (unpaired) electrons. The Hall–Kier alpha value is -1.68. The molecule has 0 saturated heterocycles. The molecule has 0 bridgehead atoms. The minimum Gasteiger partial charge on any atom is -0.493 e. The van der Waals surface area contributed by atoms with Gasteiger partial charge in [-0.2, -0.15) is 0 Å². The average Bonchev–Trinajstić information content (AvgIpc) is 2.78. The lowest BCUT2D eigenvalue weighted by molar-refractivity contribution is 0.112. The monoisotopic (exact) mass is 275 g/mol. The predicted octanol–water partition coefficient (Wildman–Crippen LogP) is 3.50. The number of ether oxygens (including phenoxy) is 1. The lowest BCUT2D eigenvalue weighted by Gasteiger charge is -2.12. The number of rotatable bonds is 5. The summed E-state index contributed by atoms with van der Waals surface area (Å²) in [5, 5.41) is 0. The lowest BCUT2D eigenvalue weighted by Crippen LogP contribution is -2.04. The van der Waals surface area contributed by atoms with Crippen molar-refractivity contribution >= 4 is 17.6 Å². The standard InChI is InChI=1S/C15H17NO2S/c1-10-6-13(8-17)7-11(2)15(10)18-5-4-14-12(3)16-9-19-14/h6-9H,4-5H2,1-3H3. The van der Waals surface area contributed by atoms with E-state index in [4.69, 9.17) is 4.74 Å². The molecule has 0 unspecified atom stereocenters. The van der Waals surface area contributed by atoms with Crippen LogP contribution >= 0.6 is 11.3 Å². The van der Waals surface area contributed by atoms with Gasteiger partial charge in [0.2, 0.25) is 0 Å². The van der Waals surface area contributed by atoms with Crippen molar-refractivity contribution in [1.29, 1.82) is 0 Å².